The SMILES string of the molecule is O=C([O-])CCCN1C(=O)/C(=C/c2ccc(Cl)cc2Cl)SC1=S. The van der Waals surface area contributed by atoms with Crippen LogP contribution in [-0.4, -0.2) is 27.6 Å². The van der Waals surface area contributed by atoms with Gasteiger partial charge in [0.2, 0.25) is 0 Å². The van der Waals surface area contributed by atoms with Gasteiger partial charge < -0.3 is 9.90 Å². The van der Waals surface area contributed by atoms with Gasteiger partial charge in [-0.2, -0.15) is 0 Å². The average molecular weight is 375 g/mol. The summed E-state index contributed by atoms with van der Waals surface area (Å²) in [5, 5.41) is 11.4. The largest absolute Gasteiger partial charge is 0.550 e. The number of carboxylic acid groups (broad SMARTS) is 1. The Labute approximate surface area is 147 Å². The Hall–Kier alpha value is -1.08. The fraction of sp³-hybridized carbons (Fsp3) is 0.214. The molecule has 0 radical (unpaired) electrons. The molecule has 1 aromatic rings. The van der Waals surface area contributed by atoms with Gasteiger partial charge in [-0.05, 0) is 36.6 Å². The van der Waals surface area contributed by atoms with Crippen LogP contribution >= 0.6 is 47.2 Å². The molecule has 0 aromatic heterocycles. The summed E-state index contributed by atoms with van der Waals surface area (Å²) >= 11 is 18.2. The molecular weight excluding hydrogens is 365 g/mol. The molecule has 0 aliphatic carbocycles. The Balaban J connectivity index is 2.13. The smallest absolute Gasteiger partial charge is 0.266 e. The molecule has 8 heteroatoms. The molecule has 4 nitrogen and oxygen atoms in total. The summed E-state index contributed by atoms with van der Waals surface area (Å²) in [5.74, 6) is -1.40. The first-order valence-corrected chi connectivity index (χ1v) is 8.27. The lowest BCUT2D eigenvalue weighted by atomic mass is 10.2. The number of carbonyl (C=O) groups excluding carboxylic acids is 2. The molecule has 0 bridgehead atoms. The Morgan fingerprint density at radius 2 is 2.14 bits per heavy atom. The zero-order valence-electron chi connectivity index (χ0n) is 11.2. The van der Waals surface area contributed by atoms with E-state index in [2.05, 4.69) is 0 Å². The van der Waals surface area contributed by atoms with Crippen molar-refractivity contribution in [3.63, 3.8) is 0 Å². The van der Waals surface area contributed by atoms with E-state index in [9.17, 15) is 14.7 Å². The predicted molar refractivity (Wildman–Crippen MR) is 90.6 cm³/mol. The number of thiocarbonyl (C=S) groups is 1. The van der Waals surface area contributed by atoms with Crippen molar-refractivity contribution in [3.8, 4) is 0 Å². The fourth-order valence-corrected chi connectivity index (χ4v) is 3.60. The number of thioether (sulfide) groups is 1. The lowest BCUT2D eigenvalue weighted by Gasteiger charge is -2.14. The maximum Gasteiger partial charge on any atom is 0.266 e. The van der Waals surface area contributed by atoms with E-state index in [1.54, 1.807) is 24.3 Å². The van der Waals surface area contributed by atoms with E-state index < -0.39 is 5.97 Å². The molecular formula is C14H10Cl2NO3S2-. The van der Waals surface area contributed by atoms with Gasteiger partial charge in [0.05, 0.1) is 4.91 Å². The Morgan fingerprint density at radius 3 is 2.77 bits per heavy atom. The third kappa shape index (κ3) is 4.23. The van der Waals surface area contributed by atoms with Gasteiger partial charge in [-0.15, -0.1) is 0 Å². The molecule has 0 atom stereocenters. The first-order valence-electron chi connectivity index (χ1n) is 6.29. The number of halogens is 2. The third-order valence-electron chi connectivity index (χ3n) is 2.89. The number of carboxylic acids is 1. The molecule has 22 heavy (non-hydrogen) atoms. The van der Waals surface area contributed by atoms with Crippen LogP contribution in [0.4, 0.5) is 0 Å². The van der Waals surface area contributed by atoms with E-state index in [-0.39, 0.29) is 18.9 Å². The van der Waals surface area contributed by atoms with Crippen molar-refractivity contribution < 1.29 is 14.7 Å². The van der Waals surface area contributed by atoms with Crippen LogP contribution in [0.15, 0.2) is 23.1 Å². The monoisotopic (exact) mass is 374 g/mol. The number of hydrogen-bond acceptors (Lipinski definition) is 5. The first kappa shape index (κ1) is 17.3. The Bertz CT molecular complexity index is 676. The number of hydrogen-bond donors (Lipinski definition) is 0. The van der Waals surface area contributed by atoms with Crippen molar-refractivity contribution >= 4 is 69.5 Å². The minimum absolute atomic E-state index is 0.112. The molecule has 1 aliphatic rings. The number of amides is 1. The van der Waals surface area contributed by atoms with E-state index in [1.165, 1.54) is 4.90 Å². The second-order valence-electron chi connectivity index (χ2n) is 4.47. The molecule has 0 saturated carbocycles. The molecule has 1 fully saturated rings. The number of rotatable bonds is 5. The number of aliphatic carboxylic acids is 1. The highest BCUT2D eigenvalue weighted by atomic mass is 35.5. The van der Waals surface area contributed by atoms with Gasteiger partial charge in [0, 0.05) is 22.6 Å². The maximum atomic E-state index is 12.3. The average Bonchev–Trinajstić information content (AvgIpc) is 2.69. The van der Waals surface area contributed by atoms with E-state index in [0.717, 1.165) is 11.8 Å². The summed E-state index contributed by atoms with van der Waals surface area (Å²) in [6, 6.07) is 4.99. The topological polar surface area (TPSA) is 60.4 Å². The molecule has 1 aliphatic heterocycles. The zero-order valence-corrected chi connectivity index (χ0v) is 14.3. The van der Waals surface area contributed by atoms with Crippen LogP contribution in [0.3, 0.4) is 0 Å². The minimum atomic E-state index is -1.14. The zero-order chi connectivity index (χ0) is 16.3. The minimum Gasteiger partial charge on any atom is -0.550 e. The molecule has 1 aromatic carbocycles. The normalized spacial score (nSPS) is 16.6. The summed E-state index contributed by atoms with van der Waals surface area (Å²) < 4.78 is 0.402. The molecule has 116 valence electrons. The summed E-state index contributed by atoms with van der Waals surface area (Å²) in [6.07, 6.45) is 1.83. The molecule has 1 amide bonds. The Morgan fingerprint density at radius 1 is 1.41 bits per heavy atom. The highest BCUT2D eigenvalue weighted by Gasteiger charge is 2.31. The van der Waals surface area contributed by atoms with Gasteiger partial charge in [0.15, 0.2) is 0 Å². The van der Waals surface area contributed by atoms with Crippen LogP contribution in [0, 0.1) is 0 Å². The molecule has 1 heterocycles. The highest BCUT2D eigenvalue weighted by molar-refractivity contribution is 8.26. The van der Waals surface area contributed by atoms with Gasteiger partial charge in [-0.1, -0.05) is 53.2 Å². The van der Waals surface area contributed by atoms with Gasteiger partial charge in [-0.25, -0.2) is 0 Å². The summed E-state index contributed by atoms with van der Waals surface area (Å²) in [6.45, 7) is 0.254. The van der Waals surface area contributed by atoms with Crippen molar-refractivity contribution in [1.29, 1.82) is 0 Å². The van der Waals surface area contributed by atoms with Gasteiger partial charge >= 0.3 is 0 Å². The summed E-state index contributed by atoms with van der Waals surface area (Å²) in [4.78, 5) is 24.5. The number of carbonyl (C=O) groups is 2. The molecule has 0 N–H and O–H groups in total. The van der Waals surface area contributed by atoms with Crippen LogP contribution in [0.2, 0.25) is 10.0 Å². The summed E-state index contributed by atoms with van der Waals surface area (Å²) in [5.41, 5.74) is 0.668. The Kier molecular flexibility index (Phi) is 5.86. The van der Waals surface area contributed by atoms with Crippen LogP contribution < -0.4 is 5.11 Å². The second kappa shape index (κ2) is 7.46. The lowest BCUT2D eigenvalue weighted by Crippen LogP contribution is -2.30. The van der Waals surface area contributed by atoms with E-state index in [0.29, 0.717) is 31.3 Å². The van der Waals surface area contributed by atoms with Crippen molar-refractivity contribution in [2.75, 3.05) is 6.54 Å². The van der Waals surface area contributed by atoms with Crippen molar-refractivity contribution in [1.82, 2.24) is 4.90 Å². The van der Waals surface area contributed by atoms with Crippen LogP contribution in [0.1, 0.15) is 18.4 Å². The van der Waals surface area contributed by atoms with Crippen molar-refractivity contribution in [2.45, 2.75) is 12.8 Å². The number of benzene rings is 1. The van der Waals surface area contributed by atoms with Crippen LogP contribution in [-0.2, 0) is 9.59 Å². The van der Waals surface area contributed by atoms with Crippen LogP contribution in [0.25, 0.3) is 6.08 Å². The second-order valence-corrected chi connectivity index (χ2v) is 6.99. The van der Waals surface area contributed by atoms with Gasteiger partial charge in [0.25, 0.3) is 5.91 Å². The van der Waals surface area contributed by atoms with Crippen LogP contribution in [0.5, 0.6) is 0 Å². The van der Waals surface area contributed by atoms with Crippen molar-refractivity contribution in [3.05, 3.63) is 38.7 Å². The van der Waals surface area contributed by atoms with Gasteiger partial charge in [-0.3, -0.25) is 9.69 Å². The highest BCUT2D eigenvalue weighted by Crippen LogP contribution is 2.34. The van der Waals surface area contributed by atoms with E-state index in [4.69, 9.17) is 35.4 Å². The molecule has 1 saturated heterocycles. The fourth-order valence-electron chi connectivity index (χ4n) is 1.83. The molecule has 0 spiro atoms. The summed E-state index contributed by atoms with van der Waals surface area (Å²) in [7, 11) is 0. The van der Waals surface area contributed by atoms with Gasteiger partial charge in [0.1, 0.15) is 4.32 Å². The van der Waals surface area contributed by atoms with Crippen molar-refractivity contribution in [2.24, 2.45) is 0 Å². The molecule has 0 unspecified atom stereocenters. The maximum absolute atomic E-state index is 12.3. The third-order valence-corrected chi connectivity index (χ3v) is 4.83. The first-order chi connectivity index (χ1) is 10.4. The predicted octanol–water partition coefficient (Wildman–Crippen LogP) is 2.72. The van der Waals surface area contributed by atoms with E-state index >= 15 is 0 Å². The molecule has 2 rings (SSSR count). The standard InChI is InChI=1S/C14H11Cl2NO3S2/c15-9-4-3-8(10(16)7-9)6-11-13(20)17(14(21)22-11)5-1-2-12(18)19/h3-4,6-7H,1-2,5H2,(H,18,19)/p-1/b11-6-. The quantitative estimate of drug-likeness (QED) is 0.585. The number of nitrogens with zero attached hydrogens (tertiary/aromatic N) is 1. The lowest BCUT2D eigenvalue weighted by molar-refractivity contribution is -0.305. The van der Waals surface area contributed by atoms with E-state index in [1.807, 2.05) is 0 Å².